The normalized spacial score (nSPS) is 11.5. The number of rotatable bonds is 8. The Morgan fingerprint density at radius 2 is 1.73 bits per heavy atom. The van der Waals surface area contributed by atoms with Crippen LogP contribution in [0, 0.1) is 5.92 Å². The number of sulfonamides is 1. The molecule has 0 saturated carbocycles. The number of halogens is 1. The lowest BCUT2D eigenvalue weighted by Crippen LogP contribution is -2.27. The number of hydrogen-bond acceptors (Lipinski definition) is 3. The van der Waals surface area contributed by atoms with Crippen LogP contribution in [0.25, 0.3) is 0 Å². The van der Waals surface area contributed by atoms with E-state index in [0.717, 1.165) is 5.56 Å². The first-order chi connectivity index (χ1) is 12.3. The summed E-state index contributed by atoms with van der Waals surface area (Å²) >= 11 is 6.01. The van der Waals surface area contributed by atoms with Gasteiger partial charge in [-0.15, -0.1) is 0 Å². The van der Waals surface area contributed by atoms with Crippen LogP contribution >= 0.6 is 11.6 Å². The Labute approximate surface area is 159 Å². The molecule has 0 radical (unpaired) electrons. The summed E-state index contributed by atoms with van der Waals surface area (Å²) in [5.74, 6) is 0.0917. The molecule has 0 heterocycles. The van der Waals surface area contributed by atoms with E-state index in [9.17, 15) is 13.2 Å². The van der Waals surface area contributed by atoms with E-state index in [0.29, 0.717) is 23.7 Å². The van der Waals surface area contributed by atoms with Gasteiger partial charge >= 0.3 is 0 Å². The van der Waals surface area contributed by atoms with Gasteiger partial charge in [0.15, 0.2) is 0 Å². The van der Waals surface area contributed by atoms with E-state index in [4.69, 9.17) is 11.6 Å². The fourth-order valence-corrected chi connectivity index (χ4v) is 3.62. The first-order valence-corrected chi connectivity index (χ1v) is 10.3. The second-order valence-electron chi connectivity index (χ2n) is 6.42. The first-order valence-electron chi connectivity index (χ1n) is 8.41. The van der Waals surface area contributed by atoms with Crippen LogP contribution in [0.4, 0.5) is 5.69 Å². The molecule has 7 heteroatoms. The van der Waals surface area contributed by atoms with E-state index >= 15 is 0 Å². The van der Waals surface area contributed by atoms with Gasteiger partial charge in [-0.2, -0.15) is 0 Å². The third-order valence-electron chi connectivity index (χ3n) is 3.70. The molecule has 0 aliphatic rings. The maximum absolute atomic E-state index is 12.2. The molecular formula is C19H23ClN2O3S. The molecule has 2 rings (SSSR count). The van der Waals surface area contributed by atoms with E-state index < -0.39 is 10.0 Å². The summed E-state index contributed by atoms with van der Waals surface area (Å²) < 4.78 is 26.9. The van der Waals surface area contributed by atoms with Gasteiger partial charge < -0.3 is 5.32 Å². The average Bonchev–Trinajstić information content (AvgIpc) is 2.61. The van der Waals surface area contributed by atoms with Crippen molar-refractivity contribution in [3.63, 3.8) is 0 Å². The molecule has 26 heavy (non-hydrogen) atoms. The fraction of sp³-hybridized carbons (Fsp3) is 0.316. The highest BCUT2D eigenvalue weighted by Crippen LogP contribution is 2.20. The van der Waals surface area contributed by atoms with Gasteiger partial charge in [0.1, 0.15) is 0 Å². The van der Waals surface area contributed by atoms with Crippen LogP contribution in [0.2, 0.25) is 5.02 Å². The summed E-state index contributed by atoms with van der Waals surface area (Å²) in [5, 5.41) is 3.26. The maximum Gasteiger partial charge on any atom is 0.240 e. The summed E-state index contributed by atoms with van der Waals surface area (Å²) in [6.07, 6.45) is 0.791. The van der Waals surface area contributed by atoms with Gasteiger partial charge in [0, 0.05) is 13.0 Å². The number of nitrogens with one attached hydrogen (secondary N) is 2. The van der Waals surface area contributed by atoms with Crippen molar-refractivity contribution < 1.29 is 13.2 Å². The molecule has 2 N–H and O–H groups in total. The van der Waals surface area contributed by atoms with Crippen LogP contribution in [0.3, 0.4) is 0 Å². The number of anilines is 1. The van der Waals surface area contributed by atoms with E-state index in [-0.39, 0.29) is 23.1 Å². The number of hydrogen-bond donors (Lipinski definition) is 2. The maximum atomic E-state index is 12.2. The molecule has 2 aromatic carbocycles. The van der Waals surface area contributed by atoms with E-state index in [1.165, 1.54) is 0 Å². The Morgan fingerprint density at radius 3 is 2.35 bits per heavy atom. The molecule has 0 atom stereocenters. The molecular weight excluding hydrogens is 372 g/mol. The van der Waals surface area contributed by atoms with Crippen LogP contribution in [0.15, 0.2) is 53.4 Å². The molecule has 0 spiro atoms. The minimum absolute atomic E-state index is 0.145. The van der Waals surface area contributed by atoms with Crippen molar-refractivity contribution >= 4 is 33.2 Å². The van der Waals surface area contributed by atoms with Gasteiger partial charge in [-0.05, 0) is 42.2 Å². The molecule has 0 aliphatic carbocycles. The number of carbonyl (C=O) groups is 1. The third-order valence-corrected chi connectivity index (χ3v) is 5.47. The van der Waals surface area contributed by atoms with Gasteiger partial charge in [-0.3, -0.25) is 4.79 Å². The highest BCUT2D eigenvalue weighted by Gasteiger charge is 2.14. The highest BCUT2D eigenvalue weighted by molar-refractivity contribution is 7.89. The SMILES string of the molecule is CC(C)CNS(=O)(=O)c1ccc(CCC(=O)Nc2ccccc2Cl)cc1. The molecule has 5 nitrogen and oxygen atoms in total. The molecule has 0 unspecified atom stereocenters. The summed E-state index contributed by atoms with van der Waals surface area (Å²) in [5.41, 5.74) is 1.47. The topological polar surface area (TPSA) is 75.3 Å². The standard InChI is InChI=1S/C19H23ClN2O3S/c1-14(2)13-21-26(24,25)16-10-7-15(8-11-16)9-12-19(23)22-18-6-4-3-5-17(18)20/h3-8,10-11,14,21H,9,12-13H2,1-2H3,(H,22,23). The van der Waals surface area contributed by atoms with E-state index in [2.05, 4.69) is 10.0 Å². The fourth-order valence-electron chi connectivity index (χ4n) is 2.23. The van der Waals surface area contributed by atoms with Crippen molar-refractivity contribution in [2.24, 2.45) is 5.92 Å². The van der Waals surface area contributed by atoms with Crippen molar-refractivity contribution in [3.8, 4) is 0 Å². The lowest BCUT2D eigenvalue weighted by atomic mass is 10.1. The summed E-state index contributed by atoms with van der Waals surface area (Å²) in [7, 11) is -3.49. The van der Waals surface area contributed by atoms with E-state index in [1.807, 2.05) is 13.8 Å². The number of aryl methyl sites for hydroxylation is 1. The number of benzene rings is 2. The highest BCUT2D eigenvalue weighted by atomic mass is 35.5. The minimum Gasteiger partial charge on any atom is -0.325 e. The summed E-state index contributed by atoms with van der Waals surface area (Å²) in [6, 6.07) is 13.6. The predicted octanol–water partition coefficient (Wildman–Crippen LogP) is 3.85. The first kappa shape index (κ1) is 20.4. The molecule has 0 bridgehead atoms. The van der Waals surface area contributed by atoms with Gasteiger partial charge in [-0.1, -0.05) is 49.7 Å². The second kappa shape index (κ2) is 9.16. The quantitative estimate of drug-likeness (QED) is 0.714. The number of amides is 1. The van der Waals surface area contributed by atoms with Crippen LogP contribution in [0.5, 0.6) is 0 Å². The molecule has 0 saturated heterocycles. The molecule has 2 aromatic rings. The summed E-state index contributed by atoms with van der Waals surface area (Å²) in [6.45, 7) is 4.28. The third kappa shape index (κ3) is 6.12. The molecule has 0 fully saturated rings. The largest absolute Gasteiger partial charge is 0.325 e. The van der Waals surface area contributed by atoms with Crippen molar-refractivity contribution in [3.05, 3.63) is 59.1 Å². The van der Waals surface area contributed by atoms with Crippen LogP contribution in [-0.4, -0.2) is 20.9 Å². The van der Waals surface area contributed by atoms with Crippen molar-refractivity contribution in [2.45, 2.75) is 31.6 Å². The number of carbonyl (C=O) groups excluding carboxylic acids is 1. The molecule has 1 amide bonds. The van der Waals surface area contributed by atoms with Crippen molar-refractivity contribution in [1.29, 1.82) is 0 Å². The lowest BCUT2D eigenvalue weighted by Gasteiger charge is -2.10. The molecule has 0 aromatic heterocycles. The van der Waals surface area contributed by atoms with E-state index in [1.54, 1.807) is 48.5 Å². The van der Waals surface area contributed by atoms with Gasteiger partial charge in [0.25, 0.3) is 0 Å². The predicted molar refractivity (Wildman–Crippen MR) is 105 cm³/mol. The average molecular weight is 395 g/mol. The van der Waals surface area contributed by atoms with Crippen LogP contribution in [-0.2, 0) is 21.2 Å². The van der Waals surface area contributed by atoms with Crippen molar-refractivity contribution in [2.75, 3.05) is 11.9 Å². The van der Waals surface area contributed by atoms with Crippen LogP contribution in [0.1, 0.15) is 25.8 Å². The Morgan fingerprint density at radius 1 is 1.08 bits per heavy atom. The Balaban J connectivity index is 1.91. The van der Waals surface area contributed by atoms with Gasteiger partial charge in [-0.25, -0.2) is 13.1 Å². The second-order valence-corrected chi connectivity index (χ2v) is 8.59. The summed E-state index contributed by atoms with van der Waals surface area (Å²) in [4.78, 5) is 12.3. The number of para-hydroxylation sites is 1. The zero-order valence-electron chi connectivity index (χ0n) is 14.8. The molecule has 140 valence electrons. The van der Waals surface area contributed by atoms with Crippen molar-refractivity contribution in [1.82, 2.24) is 4.72 Å². The zero-order chi connectivity index (χ0) is 19.2. The monoisotopic (exact) mass is 394 g/mol. The van der Waals surface area contributed by atoms with Crippen LogP contribution < -0.4 is 10.0 Å². The van der Waals surface area contributed by atoms with Gasteiger partial charge in [0.2, 0.25) is 15.9 Å². The minimum atomic E-state index is -3.49. The zero-order valence-corrected chi connectivity index (χ0v) is 16.4. The lowest BCUT2D eigenvalue weighted by molar-refractivity contribution is -0.116. The Hall–Kier alpha value is -1.89. The Kier molecular flexibility index (Phi) is 7.20. The van der Waals surface area contributed by atoms with Gasteiger partial charge in [0.05, 0.1) is 15.6 Å². The Bertz CT molecular complexity index is 849. The molecule has 0 aliphatic heterocycles. The smallest absolute Gasteiger partial charge is 0.240 e.